The Morgan fingerprint density at radius 3 is 2.64 bits per heavy atom. The molecule has 3 rings (SSSR count). The molecule has 2 atom stereocenters. The summed E-state index contributed by atoms with van der Waals surface area (Å²) in [6.45, 7) is 6.55. The van der Waals surface area contributed by atoms with Crippen LogP contribution in [0.2, 0.25) is 5.15 Å². The number of nitrogens with one attached hydrogen (secondary N) is 2. The number of anilines is 1. The van der Waals surface area contributed by atoms with Crippen LogP contribution in [0.1, 0.15) is 70.1 Å². The van der Waals surface area contributed by atoms with Crippen LogP contribution in [0, 0.1) is 0 Å². The van der Waals surface area contributed by atoms with Crippen molar-refractivity contribution in [1.82, 2.24) is 20.3 Å². The van der Waals surface area contributed by atoms with Crippen molar-refractivity contribution in [2.45, 2.75) is 52.2 Å². The number of aryl methyl sites for hydroxylation is 1. The van der Waals surface area contributed by atoms with Crippen LogP contribution in [-0.4, -0.2) is 71.6 Å². The molecule has 2 aromatic rings. The third-order valence-electron chi connectivity index (χ3n) is 5.41. The number of amides is 1. The van der Waals surface area contributed by atoms with Crippen LogP contribution in [-0.2, 0) is 15.9 Å². The van der Waals surface area contributed by atoms with Crippen LogP contribution >= 0.6 is 22.9 Å². The van der Waals surface area contributed by atoms with Crippen molar-refractivity contribution < 1.29 is 23.9 Å². The number of aromatic amines is 1. The highest BCUT2D eigenvalue weighted by Gasteiger charge is 2.34. The quantitative estimate of drug-likeness (QED) is 0.400. The van der Waals surface area contributed by atoms with Gasteiger partial charge in [0.25, 0.3) is 5.91 Å². The molecule has 1 amide bonds. The fraction of sp³-hybridized carbons (Fsp3) is 0.571. The normalized spacial score (nSPS) is 18.3. The third kappa shape index (κ3) is 5.53. The Morgan fingerprint density at radius 1 is 1.27 bits per heavy atom. The summed E-state index contributed by atoms with van der Waals surface area (Å²) in [5.74, 6) is -0.954. The molecule has 1 aliphatic heterocycles. The molecule has 0 spiro atoms. The van der Waals surface area contributed by atoms with Gasteiger partial charge in [-0.25, -0.2) is 14.8 Å². The van der Waals surface area contributed by atoms with Gasteiger partial charge in [0, 0.05) is 26.6 Å². The van der Waals surface area contributed by atoms with E-state index in [1.54, 1.807) is 21.0 Å². The number of hydrogen-bond acceptors (Lipinski definition) is 9. The summed E-state index contributed by atoms with van der Waals surface area (Å²) in [7, 11) is 1.57. The molecule has 2 N–H and O–H groups in total. The summed E-state index contributed by atoms with van der Waals surface area (Å²) in [5.41, 5.74) is 0.848. The third-order valence-corrected chi connectivity index (χ3v) is 6.82. The van der Waals surface area contributed by atoms with Crippen LogP contribution in [0.15, 0.2) is 0 Å². The van der Waals surface area contributed by atoms with Crippen molar-refractivity contribution in [3.05, 3.63) is 27.2 Å². The first-order valence-electron chi connectivity index (χ1n) is 10.9. The highest BCUT2D eigenvalue weighted by molar-refractivity contribution is 7.17. The van der Waals surface area contributed by atoms with E-state index in [1.807, 2.05) is 11.8 Å². The number of ketones is 1. The number of nitrogens with zero attached hydrogens (tertiary/aromatic N) is 3. The number of rotatable bonds is 9. The number of carbonyl (C=O) groups is 3. The molecule has 33 heavy (non-hydrogen) atoms. The number of carbonyl (C=O) groups excluding carboxylic acids is 3. The summed E-state index contributed by atoms with van der Waals surface area (Å²) in [6, 6.07) is -0.256. The number of hydrogen-bond donors (Lipinski definition) is 2. The van der Waals surface area contributed by atoms with Gasteiger partial charge < -0.3 is 24.7 Å². The largest absolute Gasteiger partial charge is 0.462 e. The second kappa shape index (κ2) is 11.1. The van der Waals surface area contributed by atoms with E-state index >= 15 is 0 Å². The van der Waals surface area contributed by atoms with Crippen molar-refractivity contribution in [1.29, 1.82) is 0 Å². The van der Waals surface area contributed by atoms with Gasteiger partial charge in [-0.05, 0) is 19.8 Å². The minimum atomic E-state index is -0.549. The predicted octanol–water partition coefficient (Wildman–Crippen LogP) is 2.88. The van der Waals surface area contributed by atoms with Gasteiger partial charge in [-0.3, -0.25) is 9.59 Å². The number of halogens is 1. The van der Waals surface area contributed by atoms with Crippen molar-refractivity contribution >= 4 is 45.7 Å². The van der Waals surface area contributed by atoms with Crippen molar-refractivity contribution in [2.24, 2.45) is 0 Å². The Morgan fingerprint density at radius 2 is 2.03 bits per heavy atom. The van der Waals surface area contributed by atoms with Gasteiger partial charge in [0.15, 0.2) is 21.9 Å². The molecule has 0 unspecified atom stereocenters. The van der Waals surface area contributed by atoms with Crippen LogP contribution < -0.4 is 10.2 Å². The molecule has 0 bridgehead atoms. The van der Waals surface area contributed by atoms with E-state index in [1.165, 1.54) is 0 Å². The van der Waals surface area contributed by atoms with Crippen LogP contribution in [0.4, 0.5) is 5.13 Å². The minimum absolute atomic E-state index is 0.141. The van der Waals surface area contributed by atoms with E-state index < -0.39 is 5.97 Å². The molecule has 0 radical (unpaired) electrons. The summed E-state index contributed by atoms with van der Waals surface area (Å²) in [4.78, 5) is 51.0. The summed E-state index contributed by atoms with van der Waals surface area (Å²) < 4.78 is 10.7. The molecule has 3 heterocycles. The maximum atomic E-state index is 12.7. The lowest BCUT2D eigenvalue weighted by Crippen LogP contribution is -2.55. The van der Waals surface area contributed by atoms with E-state index in [2.05, 4.69) is 20.3 Å². The van der Waals surface area contributed by atoms with E-state index in [9.17, 15) is 14.4 Å². The van der Waals surface area contributed by atoms with Gasteiger partial charge in [0.2, 0.25) is 0 Å². The molecular weight excluding hydrogens is 470 g/mol. The zero-order chi connectivity index (χ0) is 24.1. The average Bonchev–Trinajstić information content (AvgIpc) is 3.43. The summed E-state index contributed by atoms with van der Waals surface area (Å²) >= 11 is 7.18. The number of thiazole rings is 1. The lowest BCUT2D eigenvalue weighted by atomic mass is 10.0. The van der Waals surface area contributed by atoms with Crippen molar-refractivity contribution in [3.63, 3.8) is 0 Å². The molecular formula is C21H28ClN5O5S. The molecule has 1 saturated heterocycles. The molecule has 1 aliphatic rings. The predicted molar refractivity (Wildman–Crippen MR) is 125 cm³/mol. The van der Waals surface area contributed by atoms with Gasteiger partial charge in [0.1, 0.15) is 10.6 Å². The van der Waals surface area contributed by atoms with Gasteiger partial charge in [-0.1, -0.05) is 36.8 Å². The highest BCUT2D eigenvalue weighted by atomic mass is 35.5. The first-order valence-corrected chi connectivity index (χ1v) is 12.1. The van der Waals surface area contributed by atoms with Crippen LogP contribution in [0.3, 0.4) is 0 Å². The topological polar surface area (TPSA) is 127 Å². The summed E-state index contributed by atoms with van der Waals surface area (Å²) in [5, 5.41) is 3.80. The van der Waals surface area contributed by atoms with Crippen molar-refractivity contribution in [2.75, 3.05) is 31.7 Å². The first-order chi connectivity index (χ1) is 15.8. The van der Waals surface area contributed by atoms with Gasteiger partial charge in [0.05, 0.1) is 24.4 Å². The molecule has 180 valence electrons. The first kappa shape index (κ1) is 25.1. The van der Waals surface area contributed by atoms with Crippen molar-refractivity contribution in [3.8, 4) is 0 Å². The molecule has 1 fully saturated rings. The molecule has 0 aromatic carbocycles. The molecule has 10 nitrogen and oxygen atoms in total. The minimum Gasteiger partial charge on any atom is -0.462 e. The van der Waals surface area contributed by atoms with E-state index in [-0.39, 0.29) is 53.3 Å². The zero-order valence-electron chi connectivity index (χ0n) is 19.1. The number of imidazole rings is 1. The van der Waals surface area contributed by atoms with E-state index in [0.717, 1.165) is 11.3 Å². The Balaban J connectivity index is 1.74. The van der Waals surface area contributed by atoms with Crippen LogP contribution in [0.5, 0.6) is 0 Å². The number of aromatic nitrogens is 3. The smallest absolute Gasteiger partial charge is 0.350 e. The second-order valence-corrected chi connectivity index (χ2v) is 8.80. The Kier molecular flexibility index (Phi) is 8.44. The number of piperidine rings is 1. The number of Topliss-reactive ketones (excluding diaryl/α,β-unsaturated/α-hetero) is 1. The number of ether oxygens (including phenoxy) is 2. The molecule has 0 saturated carbocycles. The standard InChI is InChI=1S/C21H28ClN5O5S/c1-5-11-17(22)26-18(23-11)19(29)24-12-8-9-27(10-14(12)31-4)21-25-15(13(28)6-2)16(33-21)20(30)32-7-3/h12,14H,5-10H2,1-4H3,(H,23,26)(H,24,29)/t12-,14+/m0/s1. The van der Waals surface area contributed by atoms with Gasteiger partial charge in [-0.2, -0.15) is 0 Å². The van der Waals surface area contributed by atoms with Gasteiger partial charge in [-0.15, -0.1) is 0 Å². The summed E-state index contributed by atoms with van der Waals surface area (Å²) in [6.07, 6.45) is 1.12. The lowest BCUT2D eigenvalue weighted by molar-refractivity contribution is 0.0528. The average molecular weight is 498 g/mol. The molecule has 0 aliphatic carbocycles. The maximum Gasteiger partial charge on any atom is 0.350 e. The monoisotopic (exact) mass is 497 g/mol. The Hall–Kier alpha value is -2.50. The number of H-pyrrole nitrogens is 1. The molecule has 2 aromatic heterocycles. The highest BCUT2D eigenvalue weighted by Crippen LogP contribution is 2.31. The zero-order valence-corrected chi connectivity index (χ0v) is 20.6. The fourth-order valence-corrected chi connectivity index (χ4v) is 4.87. The number of methoxy groups -OCH3 is 1. The second-order valence-electron chi connectivity index (χ2n) is 7.47. The van der Waals surface area contributed by atoms with Crippen LogP contribution in [0.25, 0.3) is 0 Å². The Bertz CT molecular complexity index is 1020. The van der Waals surface area contributed by atoms with E-state index in [0.29, 0.717) is 41.9 Å². The SMILES string of the molecule is CCOC(=O)c1sc(N2CC[C@H](NC(=O)c3nc(Cl)c(CC)[nH]3)[C@H](OC)C2)nc1C(=O)CC. The van der Waals surface area contributed by atoms with E-state index in [4.69, 9.17) is 21.1 Å². The fourth-order valence-electron chi connectivity index (χ4n) is 3.60. The Labute approximate surface area is 201 Å². The van der Waals surface area contributed by atoms with Gasteiger partial charge >= 0.3 is 5.97 Å². The molecule has 12 heteroatoms. The lowest BCUT2D eigenvalue weighted by Gasteiger charge is -2.37. The maximum absolute atomic E-state index is 12.7. The number of esters is 1.